The third kappa shape index (κ3) is 1.78. The van der Waals surface area contributed by atoms with Gasteiger partial charge in [0.2, 0.25) is 0 Å². The molecule has 1 fully saturated rings. The summed E-state index contributed by atoms with van der Waals surface area (Å²) in [5.74, 6) is 0. The van der Waals surface area contributed by atoms with Crippen molar-refractivity contribution in [3.8, 4) is 0 Å². The molecule has 0 aromatic heterocycles. The van der Waals surface area contributed by atoms with Crippen molar-refractivity contribution in [2.75, 3.05) is 18.0 Å². The smallest absolute Gasteiger partial charge is 0.142 e. The molecule has 13 heavy (non-hydrogen) atoms. The molecule has 1 aromatic rings. The second-order valence-electron chi connectivity index (χ2n) is 3.04. The normalized spacial score (nSPS) is 14.9. The molecule has 0 saturated carbocycles. The average Bonchev–Trinajstić information content (AvgIpc) is 2.98. The minimum absolute atomic E-state index is 0.805. The summed E-state index contributed by atoms with van der Waals surface area (Å²) < 4.78 is 0. The number of nitrogens with zero attached hydrogens (tertiary/aromatic N) is 1. The molecule has 0 N–H and O–H groups in total. The largest absolute Gasteiger partial charge is 0.368 e. The van der Waals surface area contributed by atoms with E-state index in [1.807, 2.05) is 24.3 Å². The quantitative estimate of drug-likeness (QED) is 0.394. The van der Waals surface area contributed by atoms with E-state index in [0.29, 0.717) is 0 Å². The Balaban J connectivity index is 2.31. The van der Waals surface area contributed by atoms with Crippen LogP contribution in [0.5, 0.6) is 0 Å². The van der Waals surface area contributed by atoms with Crippen LogP contribution < -0.4 is 4.90 Å². The van der Waals surface area contributed by atoms with Crippen LogP contribution in [-0.4, -0.2) is 19.4 Å². The number of carbonyl (C=O) groups is 1. The molecule has 1 heterocycles. The summed E-state index contributed by atoms with van der Waals surface area (Å²) in [4.78, 5) is 12.4. The molecule has 0 amide bonds. The van der Waals surface area contributed by atoms with Gasteiger partial charge < -0.3 is 4.90 Å². The van der Waals surface area contributed by atoms with Crippen LogP contribution >= 0.6 is 0 Å². The Kier molecular flexibility index (Phi) is 2.13. The fourth-order valence-corrected chi connectivity index (χ4v) is 1.35. The number of benzene rings is 1. The van der Waals surface area contributed by atoms with Crippen LogP contribution in [0, 0.1) is 0 Å². The van der Waals surface area contributed by atoms with Gasteiger partial charge in [-0.05, 0) is 23.8 Å². The van der Waals surface area contributed by atoms with Crippen molar-refractivity contribution in [1.82, 2.24) is 0 Å². The summed E-state index contributed by atoms with van der Waals surface area (Å²) in [5.41, 5.74) is 2.34. The maximum absolute atomic E-state index is 10.2. The predicted octanol–water partition coefficient (Wildman–Crippen LogP) is 1.72. The molecule has 2 rings (SSSR count). The lowest BCUT2D eigenvalue weighted by atomic mass is 10.1. The third-order valence-corrected chi connectivity index (χ3v) is 2.08. The topological polar surface area (TPSA) is 20.1 Å². The summed E-state index contributed by atoms with van der Waals surface area (Å²) in [6.45, 7) is 2.26. The third-order valence-electron chi connectivity index (χ3n) is 2.08. The molecule has 0 spiro atoms. The summed E-state index contributed by atoms with van der Waals surface area (Å²) in [6, 6.07) is 8.11. The molecule has 0 bridgehead atoms. The highest BCUT2D eigenvalue weighted by Crippen LogP contribution is 2.26. The molecule has 66 valence electrons. The minimum atomic E-state index is 0.805. The van der Waals surface area contributed by atoms with Crippen molar-refractivity contribution in [1.29, 1.82) is 0 Å². The summed E-state index contributed by atoms with van der Waals surface area (Å²) in [5, 5.41) is 0. The van der Waals surface area contributed by atoms with Gasteiger partial charge in [0.1, 0.15) is 6.29 Å². The highest BCUT2D eigenvalue weighted by atomic mass is 16.1. The second-order valence-corrected chi connectivity index (χ2v) is 3.04. The number of para-hydroxylation sites is 1. The lowest BCUT2D eigenvalue weighted by Crippen LogP contribution is -1.92. The van der Waals surface area contributed by atoms with E-state index in [4.69, 9.17) is 0 Å². The molecule has 0 atom stereocenters. The van der Waals surface area contributed by atoms with Crippen LogP contribution in [0.3, 0.4) is 0 Å². The maximum atomic E-state index is 10.2. The van der Waals surface area contributed by atoms with Crippen molar-refractivity contribution < 1.29 is 4.79 Å². The van der Waals surface area contributed by atoms with Gasteiger partial charge in [-0.2, -0.15) is 0 Å². The monoisotopic (exact) mass is 173 g/mol. The molecule has 2 heteroatoms. The Morgan fingerprint density at radius 2 is 2.00 bits per heavy atom. The molecular formula is C11H11NO. The molecule has 1 aliphatic heterocycles. The van der Waals surface area contributed by atoms with Crippen LogP contribution in [0.15, 0.2) is 30.3 Å². The van der Waals surface area contributed by atoms with Crippen molar-refractivity contribution in [2.45, 2.75) is 0 Å². The van der Waals surface area contributed by atoms with Gasteiger partial charge in [-0.25, -0.2) is 0 Å². The molecular weight excluding hydrogens is 162 g/mol. The Labute approximate surface area is 77.5 Å². The van der Waals surface area contributed by atoms with Crippen molar-refractivity contribution in [3.63, 3.8) is 0 Å². The number of hydrogen-bond donors (Lipinski definition) is 0. The van der Waals surface area contributed by atoms with Crippen molar-refractivity contribution >= 4 is 18.0 Å². The SMILES string of the molecule is O=CC=Cc1ccccc1N1CC1. The fourth-order valence-electron chi connectivity index (χ4n) is 1.35. The summed E-state index contributed by atoms with van der Waals surface area (Å²) >= 11 is 0. The Morgan fingerprint density at radius 3 is 2.69 bits per heavy atom. The first-order valence-corrected chi connectivity index (χ1v) is 4.37. The van der Waals surface area contributed by atoms with Gasteiger partial charge >= 0.3 is 0 Å². The minimum Gasteiger partial charge on any atom is -0.368 e. The van der Waals surface area contributed by atoms with Gasteiger partial charge in [0.05, 0.1) is 0 Å². The first-order valence-electron chi connectivity index (χ1n) is 4.37. The number of hydrogen-bond acceptors (Lipinski definition) is 2. The maximum Gasteiger partial charge on any atom is 0.142 e. The predicted molar refractivity (Wildman–Crippen MR) is 53.8 cm³/mol. The molecule has 0 radical (unpaired) electrons. The summed E-state index contributed by atoms with van der Waals surface area (Å²) in [7, 11) is 0. The first kappa shape index (κ1) is 8.05. The molecule has 1 aromatic carbocycles. The Bertz CT molecular complexity index is 340. The number of rotatable bonds is 3. The van der Waals surface area contributed by atoms with Gasteiger partial charge in [0, 0.05) is 18.8 Å². The van der Waals surface area contributed by atoms with Gasteiger partial charge in [-0.15, -0.1) is 0 Å². The average molecular weight is 173 g/mol. The first-order chi connectivity index (χ1) is 6.42. The Morgan fingerprint density at radius 1 is 1.23 bits per heavy atom. The van der Waals surface area contributed by atoms with E-state index in [1.54, 1.807) is 0 Å². The number of carbonyl (C=O) groups excluding carboxylic acids is 1. The highest BCUT2D eigenvalue weighted by Gasteiger charge is 2.19. The lowest BCUT2D eigenvalue weighted by molar-refractivity contribution is -0.104. The van der Waals surface area contributed by atoms with E-state index in [1.165, 1.54) is 11.8 Å². The molecule has 1 saturated heterocycles. The second kappa shape index (κ2) is 3.44. The molecule has 0 unspecified atom stereocenters. The molecule has 0 aliphatic carbocycles. The van der Waals surface area contributed by atoms with E-state index in [0.717, 1.165) is 24.9 Å². The van der Waals surface area contributed by atoms with Crippen molar-refractivity contribution in [3.05, 3.63) is 35.9 Å². The van der Waals surface area contributed by atoms with Gasteiger partial charge in [0.15, 0.2) is 0 Å². The fraction of sp³-hybridized carbons (Fsp3) is 0.182. The van der Waals surface area contributed by atoms with Gasteiger partial charge in [-0.1, -0.05) is 18.2 Å². The van der Waals surface area contributed by atoms with Crippen molar-refractivity contribution in [2.24, 2.45) is 0 Å². The number of aldehydes is 1. The zero-order valence-electron chi connectivity index (χ0n) is 7.31. The number of anilines is 1. The zero-order valence-corrected chi connectivity index (χ0v) is 7.31. The standard InChI is InChI=1S/C11H11NO/c13-9-3-5-10-4-1-2-6-11(10)12-7-8-12/h1-6,9H,7-8H2. The van der Waals surface area contributed by atoms with Crippen LogP contribution in [0.4, 0.5) is 5.69 Å². The van der Waals surface area contributed by atoms with E-state index >= 15 is 0 Å². The van der Waals surface area contributed by atoms with Gasteiger partial charge in [-0.3, -0.25) is 4.79 Å². The van der Waals surface area contributed by atoms with Crippen LogP contribution in [0.2, 0.25) is 0 Å². The number of allylic oxidation sites excluding steroid dienone is 1. The van der Waals surface area contributed by atoms with E-state index in [9.17, 15) is 4.79 Å². The summed E-state index contributed by atoms with van der Waals surface area (Å²) in [6.07, 6.45) is 4.18. The highest BCUT2D eigenvalue weighted by molar-refractivity contribution is 5.78. The lowest BCUT2D eigenvalue weighted by Gasteiger charge is -2.05. The molecule has 2 nitrogen and oxygen atoms in total. The molecule has 1 aliphatic rings. The van der Waals surface area contributed by atoms with E-state index < -0.39 is 0 Å². The van der Waals surface area contributed by atoms with Gasteiger partial charge in [0.25, 0.3) is 0 Å². The van der Waals surface area contributed by atoms with Crippen LogP contribution in [0.25, 0.3) is 6.08 Å². The van der Waals surface area contributed by atoms with E-state index in [-0.39, 0.29) is 0 Å². The van der Waals surface area contributed by atoms with E-state index in [2.05, 4.69) is 11.0 Å². The van der Waals surface area contributed by atoms with Crippen LogP contribution in [0.1, 0.15) is 5.56 Å². The zero-order chi connectivity index (χ0) is 9.10. The Hall–Kier alpha value is -1.57. The van der Waals surface area contributed by atoms with Crippen LogP contribution in [-0.2, 0) is 4.79 Å².